The Kier molecular flexibility index (Phi) is 6.36. The molecule has 0 aromatic carbocycles. The quantitative estimate of drug-likeness (QED) is 0.611. The highest BCUT2D eigenvalue weighted by Crippen LogP contribution is 2.30. The Morgan fingerprint density at radius 3 is 2.76 bits per heavy atom. The molecule has 0 spiro atoms. The van der Waals surface area contributed by atoms with Gasteiger partial charge in [-0.2, -0.15) is 0 Å². The van der Waals surface area contributed by atoms with Crippen LogP contribution in [0.2, 0.25) is 0 Å². The van der Waals surface area contributed by atoms with Crippen LogP contribution in [0.3, 0.4) is 0 Å². The minimum Gasteiger partial charge on any atom is -0.467 e. The lowest BCUT2D eigenvalue weighted by Crippen LogP contribution is -2.46. The predicted octanol–water partition coefficient (Wildman–Crippen LogP) is 4.03. The van der Waals surface area contributed by atoms with Crippen molar-refractivity contribution in [2.75, 3.05) is 0 Å². The normalized spacial score (nSPS) is 15.7. The van der Waals surface area contributed by atoms with E-state index in [1.807, 2.05) is 17.5 Å². The van der Waals surface area contributed by atoms with Crippen molar-refractivity contribution in [2.24, 2.45) is 0 Å². The first-order valence-corrected chi connectivity index (χ1v) is 11.4. The zero-order valence-corrected chi connectivity index (χ0v) is 17.5. The van der Waals surface area contributed by atoms with E-state index < -0.39 is 6.04 Å². The second kappa shape index (κ2) is 9.32. The molecule has 1 fully saturated rings. The summed E-state index contributed by atoms with van der Waals surface area (Å²) in [6.07, 6.45) is 6.96. The van der Waals surface area contributed by atoms with E-state index in [0.717, 1.165) is 42.1 Å². The molecule has 1 unspecified atom stereocenters. The van der Waals surface area contributed by atoms with Gasteiger partial charge in [0.1, 0.15) is 11.8 Å². The molecule has 3 heterocycles. The number of thiophene rings is 1. The molecule has 1 N–H and O–H groups in total. The molecule has 29 heavy (non-hydrogen) atoms. The maximum absolute atomic E-state index is 13.4. The highest BCUT2D eigenvalue weighted by molar-refractivity contribution is 7.10. The molecule has 9 heteroatoms. The molecular weight excluding hydrogens is 408 g/mol. The van der Waals surface area contributed by atoms with Crippen molar-refractivity contribution < 1.29 is 14.0 Å². The van der Waals surface area contributed by atoms with Crippen LogP contribution >= 0.6 is 22.9 Å². The molecule has 3 aromatic heterocycles. The van der Waals surface area contributed by atoms with Crippen LogP contribution in [0.1, 0.15) is 59.3 Å². The van der Waals surface area contributed by atoms with Gasteiger partial charge in [-0.15, -0.1) is 16.4 Å². The van der Waals surface area contributed by atoms with Gasteiger partial charge >= 0.3 is 0 Å². The highest BCUT2D eigenvalue weighted by Gasteiger charge is 2.35. The molecule has 1 atom stereocenters. The summed E-state index contributed by atoms with van der Waals surface area (Å²) in [4.78, 5) is 29.0. The van der Waals surface area contributed by atoms with Crippen molar-refractivity contribution >= 4 is 34.7 Å². The lowest BCUT2D eigenvalue weighted by molar-refractivity contribution is -0.127. The van der Waals surface area contributed by atoms with E-state index in [0.29, 0.717) is 5.76 Å². The number of carbonyl (C=O) groups excluding carboxylic acids is 2. The molecule has 4 rings (SSSR count). The van der Waals surface area contributed by atoms with Crippen molar-refractivity contribution in [2.45, 2.75) is 50.7 Å². The number of hydrogen-bond donors (Lipinski definition) is 1. The molecular formula is C20H22N4O3S2. The molecule has 0 aliphatic heterocycles. The predicted molar refractivity (Wildman–Crippen MR) is 111 cm³/mol. The van der Waals surface area contributed by atoms with Crippen molar-refractivity contribution in [3.05, 3.63) is 57.6 Å². The molecule has 0 saturated heterocycles. The summed E-state index contributed by atoms with van der Waals surface area (Å²) < 4.78 is 9.28. The standard InChI is InChI=1S/C20H22N4O3S2/c25-19(21-14-6-2-1-3-7-14)18(17-9-5-11-28-17)24(12-15-8-4-10-27-15)20(26)16-13-29-23-22-16/h4-5,8-11,13-14,18H,1-3,6-7,12H2,(H,21,25). The Bertz CT molecular complexity index is 904. The molecule has 3 aromatic rings. The van der Waals surface area contributed by atoms with E-state index in [2.05, 4.69) is 14.9 Å². The first-order chi connectivity index (χ1) is 14.2. The summed E-state index contributed by atoms with van der Waals surface area (Å²) in [6, 6.07) is 6.74. The monoisotopic (exact) mass is 430 g/mol. The second-order valence-corrected chi connectivity index (χ2v) is 8.65. The number of hydrogen-bond acceptors (Lipinski definition) is 7. The number of nitrogens with zero attached hydrogens (tertiary/aromatic N) is 3. The number of carbonyl (C=O) groups is 2. The minimum absolute atomic E-state index is 0.153. The first-order valence-electron chi connectivity index (χ1n) is 9.66. The summed E-state index contributed by atoms with van der Waals surface area (Å²) in [5.74, 6) is 0.100. The maximum Gasteiger partial charge on any atom is 0.276 e. The summed E-state index contributed by atoms with van der Waals surface area (Å²) in [6.45, 7) is 0.171. The summed E-state index contributed by atoms with van der Waals surface area (Å²) in [7, 11) is 0. The number of rotatable bonds is 7. The summed E-state index contributed by atoms with van der Waals surface area (Å²) >= 11 is 2.57. The lowest BCUT2D eigenvalue weighted by atomic mass is 9.95. The van der Waals surface area contributed by atoms with Crippen molar-refractivity contribution in [1.82, 2.24) is 19.8 Å². The van der Waals surface area contributed by atoms with E-state index in [1.54, 1.807) is 23.8 Å². The highest BCUT2D eigenvalue weighted by atomic mass is 32.1. The van der Waals surface area contributed by atoms with Crippen molar-refractivity contribution in [1.29, 1.82) is 0 Å². The zero-order valence-electron chi connectivity index (χ0n) is 15.8. The van der Waals surface area contributed by atoms with Crippen LogP contribution in [-0.4, -0.2) is 32.3 Å². The third-order valence-corrected chi connectivity index (χ3v) is 6.50. The number of nitrogens with one attached hydrogen (secondary N) is 1. The van der Waals surface area contributed by atoms with Crippen LogP contribution in [0.4, 0.5) is 0 Å². The van der Waals surface area contributed by atoms with Crippen LogP contribution in [-0.2, 0) is 11.3 Å². The van der Waals surface area contributed by atoms with Crippen LogP contribution in [0.25, 0.3) is 0 Å². The van der Waals surface area contributed by atoms with Crippen LogP contribution < -0.4 is 5.32 Å². The van der Waals surface area contributed by atoms with Gasteiger partial charge in [0.15, 0.2) is 5.69 Å². The Morgan fingerprint density at radius 2 is 2.10 bits per heavy atom. The Labute approximate surface area is 176 Å². The third-order valence-electron chi connectivity index (χ3n) is 5.07. The molecule has 2 amide bonds. The van der Waals surface area contributed by atoms with E-state index in [-0.39, 0.29) is 30.1 Å². The van der Waals surface area contributed by atoms with Gasteiger partial charge in [-0.25, -0.2) is 0 Å². The van der Waals surface area contributed by atoms with E-state index in [1.165, 1.54) is 22.7 Å². The van der Waals surface area contributed by atoms with E-state index >= 15 is 0 Å². The SMILES string of the molecule is O=C(NC1CCCCC1)C(c1cccs1)N(Cc1ccco1)C(=O)c1csnn1. The maximum atomic E-state index is 13.4. The number of amides is 2. The van der Waals surface area contributed by atoms with Crippen molar-refractivity contribution in [3.63, 3.8) is 0 Å². The fourth-order valence-corrected chi connectivity index (χ4v) is 4.92. The topological polar surface area (TPSA) is 88.3 Å². The molecule has 0 radical (unpaired) electrons. The van der Waals surface area contributed by atoms with Crippen LogP contribution in [0.5, 0.6) is 0 Å². The average Bonchev–Trinajstić information content (AvgIpc) is 3.51. The summed E-state index contributed by atoms with van der Waals surface area (Å²) in [5.41, 5.74) is 0.230. The third kappa shape index (κ3) is 4.73. The van der Waals surface area contributed by atoms with Crippen LogP contribution in [0, 0.1) is 0 Å². The molecule has 1 aliphatic rings. The molecule has 1 saturated carbocycles. The molecule has 1 aliphatic carbocycles. The van der Waals surface area contributed by atoms with Gasteiger partial charge in [0.25, 0.3) is 5.91 Å². The van der Waals surface area contributed by atoms with Gasteiger partial charge in [0.2, 0.25) is 5.91 Å². The van der Waals surface area contributed by atoms with Gasteiger partial charge < -0.3 is 14.6 Å². The van der Waals surface area contributed by atoms with E-state index in [9.17, 15) is 9.59 Å². The minimum atomic E-state index is -0.753. The average molecular weight is 431 g/mol. The Hall–Kier alpha value is -2.52. The van der Waals surface area contributed by atoms with Crippen LogP contribution in [0.15, 0.2) is 45.7 Å². The van der Waals surface area contributed by atoms with E-state index in [4.69, 9.17) is 4.42 Å². The second-order valence-electron chi connectivity index (χ2n) is 7.06. The molecule has 152 valence electrons. The smallest absolute Gasteiger partial charge is 0.276 e. The van der Waals surface area contributed by atoms with Gasteiger partial charge in [-0.3, -0.25) is 9.59 Å². The van der Waals surface area contributed by atoms with Gasteiger partial charge in [-0.1, -0.05) is 29.8 Å². The van der Waals surface area contributed by atoms with Gasteiger partial charge in [-0.05, 0) is 48.0 Å². The molecule has 0 bridgehead atoms. The molecule has 7 nitrogen and oxygen atoms in total. The Balaban J connectivity index is 1.65. The van der Waals surface area contributed by atoms with Gasteiger partial charge in [0.05, 0.1) is 12.8 Å². The first kappa shape index (κ1) is 19.8. The lowest BCUT2D eigenvalue weighted by Gasteiger charge is -2.31. The number of furan rings is 1. The largest absolute Gasteiger partial charge is 0.467 e. The Morgan fingerprint density at radius 1 is 1.24 bits per heavy atom. The number of aromatic nitrogens is 2. The summed E-state index contributed by atoms with van der Waals surface area (Å²) in [5, 5.41) is 10.6. The fraction of sp³-hybridized carbons (Fsp3) is 0.400. The van der Waals surface area contributed by atoms with Gasteiger partial charge in [0, 0.05) is 16.3 Å². The van der Waals surface area contributed by atoms with Crippen molar-refractivity contribution in [3.8, 4) is 0 Å². The zero-order chi connectivity index (χ0) is 20.1. The fourth-order valence-electron chi connectivity index (χ4n) is 3.65.